The van der Waals surface area contributed by atoms with Crippen molar-refractivity contribution in [2.45, 2.75) is 24.8 Å². The van der Waals surface area contributed by atoms with Gasteiger partial charge in [-0.1, -0.05) is 41.9 Å². The Bertz CT molecular complexity index is 1150. The van der Waals surface area contributed by atoms with Crippen molar-refractivity contribution in [2.75, 3.05) is 11.3 Å². The zero-order valence-electron chi connectivity index (χ0n) is 17.1. The predicted molar refractivity (Wildman–Crippen MR) is 122 cm³/mol. The maximum Gasteiger partial charge on any atom is 0.261 e. The van der Waals surface area contributed by atoms with Crippen LogP contribution in [-0.2, 0) is 14.8 Å². The Morgan fingerprint density at radius 3 is 2.29 bits per heavy atom. The van der Waals surface area contributed by atoms with E-state index in [9.17, 15) is 13.2 Å². The molecule has 0 bridgehead atoms. The van der Waals surface area contributed by atoms with Crippen molar-refractivity contribution in [3.63, 3.8) is 0 Å². The van der Waals surface area contributed by atoms with Gasteiger partial charge in [-0.15, -0.1) is 0 Å². The monoisotopic (exact) mass is 458 g/mol. The topological polar surface area (TPSA) is 84.5 Å². The van der Waals surface area contributed by atoms with E-state index in [0.29, 0.717) is 16.5 Å². The van der Waals surface area contributed by atoms with Gasteiger partial charge in [0.05, 0.1) is 16.6 Å². The number of ether oxygens (including phenoxy) is 1. The second kappa shape index (κ2) is 9.85. The van der Waals surface area contributed by atoms with Crippen LogP contribution in [0.25, 0.3) is 0 Å². The zero-order chi connectivity index (χ0) is 22.4. The van der Waals surface area contributed by atoms with Crippen LogP contribution in [0, 0.1) is 6.92 Å². The Hall–Kier alpha value is -3.03. The number of nitrogens with one attached hydrogen (secondary N) is 2. The van der Waals surface area contributed by atoms with Crippen LogP contribution < -0.4 is 14.8 Å². The molecule has 0 fully saturated rings. The molecule has 6 nitrogen and oxygen atoms in total. The highest BCUT2D eigenvalue weighted by Crippen LogP contribution is 2.21. The van der Waals surface area contributed by atoms with E-state index in [-0.39, 0.29) is 23.5 Å². The van der Waals surface area contributed by atoms with Gasteiger partial charge in [-0.25, -0.2) is 8.42 Å². The summed E-state index contributed by atoms with van der Waals surface area (Å²) in [6, 6.07) is 20.1. The van der Waals surface area contributed by atoms with E-state index >= 15 is 0 Å². The fraction of sp³-hybridized carbons (Fsp3) is 0.174. The number of aryl methyl sites for hydroxylation is 1. The number of rotatable bonds is 8. The predicted octanol–water partition coefficient (Wildman–Crippen LogP) is 4.71. The first-order valence-corrected chi connectivity index (χ1v) is 11.5. The number of carbonyl (C=O) groups is 1. The SMILES string of the molecule is Cc1ccccc1NS(=O)(=O)c1ccc(OCC(=O)N[C@@H](C)c2ccc(Cl)cc2)cc1. The maximum atomic E-state index is 12.6. The molecule has 0 aliphatic heterocycles. The lowest BCUT2D eigenvalue weighted by Crippen LogP contribution is -2.31. The summed E-state index contributed by atoms with van der Waals surface area (Å²) >= 11 is 5.88. The van der Waals surface area contributed by atoms with Crippen molar-refractivity contribution in [3.8, 4) is 5.75 Å². The summed E-state index contributed by atoms with van der Waals surface area (Å²) in [5.41, 5.74) is 2.27. The van der Waals surface area contributed by atoms with Gasteiger partial charge in [0.2, 0.25) is 0 Å². The Labute approximate surface area is 187 Å². The van der Waals surface area contributed by atoms with Crippen molar-refractivity contribution < 1.29 is 17.9 Å². The number of anilines is 1. The smallest absolute Gasteiger partial charge is 0.261 e. The van der Waals surface area contributed by atoms with Gasteiger partial charge in [0.15, 0.2) is 6.61 Å². The van der Waals surface area contributed by atoms with Crippen LogP contribution in [0.4, 0.5) is 5.69 Å². The fourth-order valence-corrected chi connectivity index (χ4v) is 4.13. The molecule has 0 saturated carbocycles. The lowest BCUT2D eigenvalue weighted by atomic mass is 10.1. The van der Waals surface area contributed by atoms with Gasteiger partial charge >= 0.3 is 0 Å². The number of hydrogen-bond donors (Lipinski definition) is 2. The second-order valence-electron chi connectivity index (χ2n) is 7.02. The minimum atomic E-state index is -3.73. The largest absolute Gasteiger partial charge is 0.484 e. The third kappa shape index (κ3) is 6.23. The van der Waals surface area contributed by atoms with E-state index in [4.69, 9.17) is 16.3 Å². The van der Waals surface area contributed by atoms with Crippen molar-refractivity contribution in [1.82, 2.24) is 5.32 Å². The molecule has 8 heteroatoms. The maximum absolute atomic E-state index is 12.6. The summed E-state index contributed by atoms with van der Waals surface area (Å²) in [7, 11) is -3.73. The number of benzene rings is 3. The van der Waals surface area contributed by atoms with Gasteiger partial charge in [0, 0.05) is 5.02 Å². The van der Waals surface area contributed by atoms with Crippen LogP contribution in [0.3, 0.4) is 0 Å². The first-order chi connectivity index (χ1) is 14.7. The summed E-state index contributed by atoms with van der Waals surface area (Å²) in [5, 5.41) is 3.47. The van der Waals surface area contributed by atoms with Gasteiger partial charge in [-0.2, -0.15) is 0 Å². The number of para-hydroxylation sites is 1. The molecule has 3 aromatic rings. The van der Waals surface area contributed by atoms with Crippen LogP contribution in [-0.4, -0.2) is 20.9 Å². The van der Waals surface area contributed by atoms with Crippen LogP contribution in [0.2, 0.25) is 5.02 Å². The molecule has 1 atom stereocenters. The molecule has 1 amide bonds. The molecule has 0 saturated heterocycles. The highest BCUT2D eigenvalue weighted by atomic mass is 35.5. The Morgan fingerprint density at radius 2 is 1.65 bits per heavy atom. The van der Waals surface area contributed by atoms with Gasteiger partial charge < -0.3 is 10.1 Å². The fourth-order valence-electron chi connectivity index (χ4n) is 2.87. The summed E-state index contributed by atoms with van der Waals surface area (Å²) in [6.45, 7) is 3.50. The molecule has 0 heterocycles. The minimum Gasteiger partial charge on any atom is -0.484 e. The molecule has 162 valence electrons. The van der Waals surface area contributed by atoms with Gasteiger partial charge in [-0.3, -0.25) is 9.52 Å². The molecule has 2 N–H and O–H groups in total. The van der Waals surface area contributed by atoms with Gasteiger partial charge in [0.25, 0.3) is 15.9 Å². The van der Waals surface area contributed by atoms with E-state index in [1.54, 1.807) is 24.3 Å². The van der Waals surface area contributed by atoms with Crippen molar-refractivity contribution >= 4 is 33.2 Å². The quantitative estimate of drug-likeness (QED) is 0.512. The molecule has 0 radical (unpaired) electrons. The lowest BCUT2D eigenvalue weighted by Gasteiger charge is -2.15. The highest BCUT2D eigenvalue weighted by molar-refractivity contribution is 7.92. The number of halogens is 1. The van der Waals surface area contributed by atoms with Crippen molar-refractivity contribution in [2.24, 2.45) is 0 Å². The molecule has 3 aromatic carbocycles. The molecular weight excluding hydrogens is 436 g/mol. The lowest BCUT2D eigenvalue weighted by molar-refractivity contribution is -0.123. The zero-order valence-corrected chi connectivity index (χ0v) is 18.7. The average Bonchev–Trinajstić information content (AvgIpc) is 2.74. The Morgan fingerprint density at radius 1 is 1.00 bits per heavy atom. The number of sulfonamides is 1. The first kappa shape index (κ1) is 22.7. The second-order valence-corrected chi connectivity index (χ2v) is 9.14. The molecule has 31 heavy (non-hydrogen) atoms. The summed E-state index contributed by atoms with van der Waals surface area (Å²) in [5.74, 6) is 0.101. The average molecular weight is 459 g/mol. The highest BCUT2D eigenvalue weighted by Gasteiger charge is 2.15. The van der Waals surface area contributed by atoms with Crippen molar-refractivity contribution in [1.29, 1.82) is 0 Å². The van der Waals surface area contributed by atoms with Crippen LogP contribution >= 0.6 is 11.6 Å². The summed E-state index contributed by atoms with van der Waals surface area (Å²) < 4.78 is 33.2. The normalized spacial score (nSPS) is 12.1. The summed E-state index contributed by atoms with van der Waals surface area (Å²) in [6.07, 6.45) is 0. The molecule has 0 aromatic heterocycles. The Kier molecular flexibility index (Phi) is 7.20. The van der Waals surface area contributed by atoms with Crippen LogP contribution in [0.5, 0.6) is 5.75 Å². The molecular formula is C23H23ClN2O4S. The Balaban J connectivity index is 1.56. The minimum absolute atomic E-state index is 0.101. The molecule has 3 rings (SSSR count). The molecule has 0 unspecified atom stereocenters. The number of hydrogen-bond acceptors (Lipinski definition) is 4. The first-order valence-electron chi connectivity index (χ1n) is 9.61. The van der Waals surface area contributed by atoms with Crippen molar-refractivity contribution in [3.05, 3.63) is 88.9 Å². The van der Waals surface area contributed by atoms with E-state index in [1.807, 2.05) is 38.1 Å². The van der Waals surface area contributed by atoms with Crippen LogP contribution in [0.1, 0.15) is 24.1 Å². The third-order valence-corrected chi connectivity index (χ3v) is 6.27. The van der Waals surface area contributed by atoms with Gasteiger partial charge in [-0.05, 0) is 67.4 Å². The molecule has 0 aliphatic carbocycles. The number of amides is 1. The molecule has 0 spiro atoms. The van der Waals surface area contributed by atoms with Crippen LogP contribution in [0.15, 0.2) is 77.7 Å². The third-order valence-electron chi connectivity index (χ3n) is 4.64. The molecule has 0 aliphatic rings. The van der Waals surface area contributed by atoms with E-state index in [0.717, 1.165) is 11.1 Å². The van der Waals surface area contributed by atoms with E-state index < -0.39 is 10.0 Å². The standard InChI is InChI=1S/C23H23ClN2O4S/c1-16-5-3-4-6-22(16)26-31(28,29)21-13-11-20(12-14-21)30-15-23(27)25-17(2)18-7-9-19(24)10-8-18/h3-14,17,26H,15H2,1-2H3,(H,25,27)/t17-/m0/s1. The van der Waals surface area contributed by atoms with E-state index in [2.05, 4.69) is 10.0 Å². The number of carbonyl (C=O) groups excluding carboxylic acids is 1. The summed E-state index contributed by atoms with van der Waals surface area (Å²) in [4.78, 5) is 12.3. The van der Waals surface area contributed by atoms with Gasteiger partial charge in [0.1, 0.15) is 5.75 Å². The van der Waals surface area contributed by atoms with E-state index in [1.165, 1.54) is 24.3 Å².